The largest absolute Gasteiger partial charge is 0.366 e. The number of H-pyrrole nitrogens is 1. The van der Waals surface area contributed by atoms with Crippen LogP contribution in [0.1, 0.15) is 15.9 Å². The molecule has 1 amide bonds. The lowest BCUT2D eigenvalue weighted by molar-refractivity contribution is 0.1000. The zero-order chi connectivity index (χ0) is 16.0. The number of hydrogen-bond donors (Lipinski definition) is 2. The summed E-state index contributed by atoms with van der Waals surface area (Å²) < 4.78 is 0. The highest BCUT2D eigenvalue weighted by molar-refractivity contribution is 6.12. The molecule has 23 heavy (non-hydrogen) atoms. The van der Waals surface area contributed by atoms with Crippen molar-refractivity contribution in [2.75, 3.05) is 0 Å². The number of aromatic amines is 1. The van der Waals surface area contributed by atoms with Gasteiger partial charge in [0.25, 0.3) is 0 Å². The van der Waals surface area contributed by atoms with Crippen molar-refractivity contribution in [2.45, 2.75) is 6.92 Å². The van der Waals surface area contributed by atoms with Crippen LogP contribution in [0.2, 0.25) is 0 Å². The summed E-state index contributed by atoms with van der Waals surface area (Å²) >= 11 is 0. The van der Waals surface area contributed by atoms with Gasteiger partial charge in [-0.1, -0.05) is 42.5 Å². The maximum absolute atomic E-state index is 11.3. The second-order valence-electron chi connectivity index (χ2n) is 5.79. The molecule has 4 aromatic rings. The smallest absolute Gasteiger partial charge is 0.248 e. The molecular weight excluding hydrogens is 284 g/mol. The molecule has 0 saturated heterocycles. The predicted molar refractivity (Wildman–Crippen MR) is 94.5 cm³/mol. The normalized spacial score (nSPS) is 11.2. The van der Waals surface area contributed by atoms with Gasteiger partial charge in [-0.2, -0.15) is 0 Å². The zero-order valence-corrected chi connectivity index (χ0v) is 12.8. The van der Waals surface area contributed by atoms with E-state index in [9.17, 15) is 4.79 Å². The number of nitrogens with one attached hydrogen (secondary N) is 1. The Hall–Kier alpha value is -3.07. The SMILES string of the molecule is Cc1cc(C(N)=O)ccc1-c1cccc2c1[nH]c1ccccc12. The van der Waals surface area contributed by atoms with Gasteiger partial charge in [-0.15, -0.1) is 0 Å². The Morgan fingerprint density at radius 1 is 0.913 bits per heavy atom. The van der Waals surface area contributed by atoms with Crippen LogP contribution in [-0.4, -0.2) is 10.9 Å². The van der Waals surface area contributed by atoms with Crippen molar-refractivity contribution in [2.24, 2.45) is 5.73 Å². The van der Waals surface area contributed by atoms with Crippen LogP contribution in [0.15, 0.2) is 60.7 Å². The van der Waals surface area contributed by atoms with Gasteiger partial charge >= 0.3 is 0 Å². The molecule has 0 spiro atoms. The van der Waals surface area contributed by atoms with Crippen molar-refractivity contribution in [3.63, 3.8) is 0 Å². The lowest BCUT2D eigenvalue weighted by atomic mass is 9.96. The van der Waals surface area contributed by atoms with E-state index in [1.807, 2.05) is 25.1 Å². The minimum Gasteiger partial charge on any atom is -0.366 e. The van der Waals surface area contributed by atoms with Crippen molar-refractivity contribution in [1.29, 1.82) is 0 Å². The Morgan fingerprint density at radius 3 is 2.48 bits per heavy atom. The number of fused-ring (bicyclic) bond motifs is 3. The average Bonchev–Trinajstić information content (AvgIpc) is 2.93. The lowest BCUT2D eigenvalue weighted by Crippen LogP contribution is -2.10. The molecule has 1 aromatic heterocycles. The Balaban J connectivity index is 2.01. The number of benzene rings is 3. The molecule has 3 heteroatoms. The summed E-state index contributed by atoms with van der Waals surface area (Å²) in [5.74, 6) is -0.400. The molecule has 3 aromatic carbocycles. The second-order valence-corrected chi connectivity index (χ2v) is 5.79. The van der Waals surface area contributed by atoms with E-state index >= 15 is 0 Å². The van der Waals surface area contributed by atoms with Crippen LogP contribution in [0.25, 0.3) is 32.9 Å². The average molecular weight is 300 g/mol. The standard InChI is InChI=1S/C20H16N2O/c1-12-11-13(20(21)23)9-10-14(12)16-6-4-7-17-15-5-2-3-8-18(15)22-19(16)17/h2-11,22H,1H3,(H2,21,23). The highest BCUT2D eigenvalue weighted by Gasteiger charge is 2.12. The molecular formula is C20H16N2O. The molecule has 0 radical (unpaired) electrons. The fourth-order valence-electron chi connectivity index (χ4n) is 3.22. The summed E-state index contributed by atoms with van der Waals surface area (Å²) in [5.41, 5.74) is 11.4. The van der Waals surface area contributed by atoms with Crippen LogP contribution in [0.3, 0.4) is 0 Å². The maximum Gasteiger partial charge on any atom is 0.248 e. The summed E-state index contributed by atoms with van der Waals surface area (Å²) in [4.78, 5) is 14.9. The van der Waals surface area contributed by atoms with Crippen molar-refractivity contribution in [1.82, 2.24) is 4.98 Å². The van der Waals surface area contributed by atoms with Crippen LogP contribution in [0, 0.1) is 6.92 Å². The first-order valence-corrected chi connectivity index (χ1v) is 7.55. The van der Waals surface area contributed by atoms with Crippen molar-refractivity contribution >= 4 is 27.7 Å². The van der Waals surface area contributed by atoms with E-state index < -0.39 is 5.91 Å². The number of carbonyl (C=O) groups is 1. The minimum absolute atomic E-state index is 0.400. The Bertz CT molecular complexity index is 1060. The molecule has 0 aliphatic carbocycles. The molecule has 0 unspecified atom stereocenters. The molecule has 0 atom stereocenters. The Kier molecular flexibility index (Phi) is 2.95. The Morgan fingerprint density at radius 2 is 1.70 bits per heavy atom. The maximum atomic E-state index is 11.3. The van der Waals surface area contributed by atoms with Crippen LogP contribution in [0.5, 0.6) is 0 Å². The van der Waals surface area contributed by atoms with Gasteiger partial charge in [0.2, 0.25) is 5.91 Å². The number of hydrogen-bond acceptors (Lipinski definition) is 1. The van der Waals surface area contributed by atoms with Gasteiger partial charge in [-0.3, -0.25) is 4.79 Å². The molecule has 0 aliphatic rings. The van der Waals surface area contributed by atoms with Gasteiger partial charge in [0, 0.05) is 27.4 Å². The molecule has 0 bridgehead atoms. The third-order valence-electron chi connectivity index (χ3n) is 4.34. The zero-order valence-electron chi connectivity index (χ0n) is 12.8. The van der Waals surface area contributed by atoms with Gasteiger partial charge in [-0.05, 0) is 36.2 Å². The van der Waals surface area contributed by atoms with E-state index in [1.54, 1.807) is 6.07 Å². The van der Waals surface area contributed by atoms with E-state index in [0.717, 1.165) is 27.7 Å². The number of primary amides is 1. The molecule has 3 N–H and O–H groups in total. The quantitative estimate of drug-likeness (QED) is 0.566. The third kappa shape index (κ3) is 2.09. The summed E-state index contributed by atoms with van der Waals surface area (Å²) in [5, 5.41) is 2.42. The van der Waals surface area contributed by atoms with Crippen molar-refractivity contribution in [3.05, 3.63) is 71.8 Å². The van der Waals surface area contributed by atoms with Crippen LogP contribution >= 0.6 is 0 Å². The summed E-state index contributed by atoms with van der Waals surface area (Å²) in [6.07, 6.45) is 0. The molecule has 3 nitrogen and oxygen atoms in total. The van der Waals surface area contributed by atoms with E-state index in [1.165, 1.54) is 10.8 Å². The van der Waals surface area contributed by atoms with E-state index in [2.05, 4.69) is 41.4 Å². The number of carbonyl (C=O) groups excluding carboxylic acids is 1. The summed E-state index contributed by atoms with van der Waals surface area (Å²) in [7, 11) is 0. The first-order chi connectivity index (χ1) is 11.1. The predicted octanol–water partition coefficient (Wildman–Crippen LogP) is 4.40. The molecule has 4 rings (SSSR count). The second kappa shape index (κ2) is 4.99. The van der Waals surface area contributed by atoms with E-state index in [-0.39, 0.29) is 0 Å². The summed E-state index contributed by atoms with van der Waals surface area (Å²) in [6, 6.07) is 20.2. The van der Waals surface area contributed by atoms with E-state index in [0.29, 0.717) is 5.56 Å². The number of aromatic nitrogens is 1. The number of aryl methyl sites for hydroxylation is 1. The van der Waals surface area contributed by atoms with Gasteiger partial charge in [0.1, 0.15) is 0 Å². The number of para-hydroxylation sites is 2. The fraction of sp³-hybridized carbons (Fsp3) is 0.0500. The number of amides is 1. The number of rotatable bonds is 2. The third-order valence-corrected chi connectivity index (χ3v) is 4.34. The molecule has 0 aliphatic heterocycles. The highest BCUT2D eigenvalue weighted by atomic mass is 16.1. The van der Waals surface area contributed by atoms with Crippen molar-refractivity contribution < 1.29 is 4.79 Å². The highest BCUT2D eigenvalue weighted by Crippen LogP contribution is 2.34. The lowest BCUT2D eigenvalue weighted by Gasteiger charge is -2.09. The molecule has 1 heterocycles. The van der Waals surface area contributed by atoms with Crippen LogP contribution in [0.4, 0.5) is 0 Å². The monoisotopic (exact) mass is 300 g/mol. The Labute approximate surface area is 133 Å². The van der Waals surface area contributed by atoms with Gasteiger partial charge in [0.15, 0.2) is 0 Å². The van der Waals surface area contributed by atoms with Gasteiger partial charge in [0.05, 0.1) is 5.52 Å². The molecule has 0 saturated carbocycles. The first kappa shape index (κ1) is 13.6. The van der Waals surface area contributed by atoms with Crippen LogP contribution < -0.4 is 5.73 Å². The number of nitrogens with two attached hydrogens (primary N) is 1. The first-order valence-electron chi connectivity index (χ1n) is 7.55. The minimum atomic E-state index is -0.400. The fourth-order valence-corrected chi connectivity index (χ4v) is 3.22. The topological polar surface area (TPSA) is 58.9 Å². The summed E-state index contributed by atoms with van der Waals surface area (Å²) in [6.45, 7) is 2.00. The molecule has 112 valence electrons. The van der Waals surface area contributed by atoms with Crippen molar-refractivity contribution in [3.8, 4) is 11.1 Å². The van der Waals surface area contributed by atoms with Crippen LogP contribution in [-0.2, 0) is 0 Å². The van der Waals surface area contributed by atoms with Gasteiger partial charge < -0.3 is 10.7 Å². The van der Waals surface area contributed by atoms with Gasteiger partial charge in [-0.25, -0.2) is 0 Å². The van der Waals surface area contributed by atoms with E-state index in [4.69, 9.17) is 5.73 Å². The molecule has 0 fully saturated rings.